The lowest BCUT2D eigenvalue weighted by Gasteiger charge is -2.28. The highest BCUT2D eigenvalue weighted by Crippen LogP contribution is 2.30. The van der Waals surface area contributed by atoms with Crippen molar-refractivity contribution >= 4 is 39.3 Å². The van der Waals surface area contributed by atoms with Crippen molar-refractivity contribution in [1.29, 1.82) is 5.41 Å². The number of primary amides is 1. The zero-order valence-corrected chi connectivity index (χ0v) is 21.4. The molecule has 2 aliphatic rings. The number of amides is 2. The largest absolute Gasteiger partial charge is 0.497 e. The molecule has 3 heterocycles. The third-order valence-electron chi connectivity index (χ3n) is 5.84. The Balaban J connectivity index is 0.000000617. The van der Waals surface area contributed by atoms with Crippen molar-refractivity contribution in [2.75, 3.05) is 42.9 Å². The average Bonchev–Trinajstić information content (AvgIpc) is 3.48. The van der Waals surface area contributed by atoms with Crippen LogP contribution in [0.5, 0.6) is 5.75 Å². The minimum atomic E-state index is -3.67. The molecular weight excluding hydrogens is 516 g/mol. The summed E-state index contributed by atoms with van der Waals surface area (Å²) < 4.78 is 37.8. The Bertz CT molecular complexity index is 1480. The van der Waals surface area contributed by atoms with E-state index in [1.165, 1.54) is 4.68 Å². The molecule has 0 unspecified atom stereocenters. The molecule has 0 atom stereocenters. The van der Waals surface area contributed by atoms with Crippen LogP contribution >= 0.6 is 0 Å². The highest BCUT2D eigenvalue weighted by Gasteiger charge is 2.34. The number of rotatable bonds is 5. The molecule has 3 aromatic rings. The first-order valence-corrected chi connectivity index (χ1v) is 13.2. The van der Waals surface area contributed by atoms with Crippen molar-refractivity contribution in [3.05, 3.63) is 65.5 Å². The molecular formula is C24H26N6O7S. The standard InChI is InChI=1S/C23H22N6O4.CH4O3S/c1-32-17-8-6-16(7-9-17)29-20-18(19(26-29)21(24)30)10-11-27(22(20)31)14-2-4-15(5-3-14)28-12-13-33-23(28)25;1-5(2,3)4/h2-9,25H,10-13H2,1H3,(H2,24,30);1H3,(H,2,3,4). The molecule has 0 radical (unpaired) electrons. The maximum absolute atomic E-state index is 13.6. The summed E-state index contributed by atoms with van der Waals surface area (Å²) in [4.78, 5) is 29.0. The van der Waals surface area contributed by atoms with Crippen molar-refractivity contribution in [1.82, 2.24) is 9.78 Å². The topological polar surface area (TPSA) is 181 Å². The second-order valence-corrected chi connectivity index (χ2v) is 9.88. The zero-order valence-electron chi connectivity index (χ0n) is 20.6. The van der Waals surface area contributed by atoms with Gasteiger partial charge in [0.05, 0.1) is 25.6 Å². The molecule has 0 aliphatic carbocycles. The molecule has 14 heteroatoms. The van der Waals surface area contributed by atoms with Crippen LogP contribution in [0.4, 0.5) is 11.4 Å². The fourth-order valence-corrected chi connectivity index (χ4v) is 4.19. The van der Waals surface area contributed by atoms with Crippen molar-refractivity contribution < 1.29 is 32.0 Å². The van der Waals surface area contributed by atoms with Crippen molar-refractivity contribution in [2.45, 2.75) is 6.42 Å². The van der Waals surface area contributed by atoms with E-state index in [1.807, 2.05) is 24.3 Å². The number of ether oxygens (including phenoxy) is 2. The van der Waals surface area contributed by atoms with Gasteiger partial charge in [-0.2, -0.15) is 13.5 Å². The van der Waals surface area contributed by atoms with Gasteiger partial charge in [0.15, 0.2) is 5.69 Å². The average molecular weight is 543 g/mol. The predicted molar refractivity (Wildman–Crippen MR) is 139 cm³/mol. The molecule has 1 aromatic heterocycles. The van der Waals surface area contributed by atoms with Gasteiger partial charge in [0.2, 0.25) is 0 Å². The normalized spacial score (nSPS) is 14.9. The van der Waals surface area contributed by atoms with Crippen molar-refractivity contribution in [2.24, 2.45) is 5.73 Å². The fourth-order valence-electron chi connectivity index (χ4n) is 4.19. The Morgan fingerprint density at radius 1 is 1.05 bits per heavy atom. The molecule has 0 bridgehead atoms. The number of amidine groups is 1. The van der Waals surface area contributed by atoms with E-state index in [0.29, 0.717) is 60.8 Å². The molecule has 0 saturated carbocycles. The molecule has 1 fully saturated rings. The second kappa shape index (κ2) is 10.5. The van der Waals surface area contributed by atoms with Gasteiger partial charge < -0.3 is 20.1 Å². The SMILES string of the molecule is COc1ccc(-n2nc(C(N)=O)c3c2C(=O)N(c2ccc(N4CCOC4=N)cc2)CC3)cc1.CS(=O)(=O)O. The fraction of sp³-hybridized carbons (Fsp3) is 0.250. The van der Waals surface area contributed by atoms with Crippen molar-refractivity contribution in [3.63, 3.8) is 0 Å². The maximum Gasteiger partial charge on any atom is 0.289 e. The smallest absolute Gasteiger partial charge is 0.289 e. The Labute approximate surface area is 218 Å². The molecule has 1 saturated heterocycles. The van der Waals surface area contributed by atoms with Gasteiger partial charge in [-0.1, -0.05) is 0 Å². The number of nitrogens with zero attached hydrogens (tertiary/aromatic N) is 4. The molecule has 0 spiro atoms. The van der Waals surface area contributed by atoms with Gasteiger partial charge in [-0.3, -0.25) is 24.5 Å². The number of methoxy groups -OCH3 is 1. The summed E-state index contributed by atoms with van der Waals surface area (Å²) in [7, 11) is -2.09. The van der Waals surface area contributed by atoms with E-state index in [0.717, 1.165) is 5.69 Å². The summed E-state index contributed by atoms with van der Waals surface area (Å²) in [5.41, 5.74) is 8.70. The van der Waals surface area contributed by atoms with Gasteiger partial charge in [-0.25, -0.2) is 4.68 Å². The Hall–Kier alpha value is -4.43. The molecule has 5 rings (SSSR count). The number of hydrogen-bond acceptors (Lipinski definition) is 8. The molecule has 2 amide bonds. The van der Waals surface area contributed by atoms with Crippen LogP contribution in [-0.2, 0) is 21.3 Å². The maximum atomic E-state index is 13.6. The first-order chi connectivity index (χ1) is 18.0. The van der Waals surface area contributed by atoms with Crippen LogP contribution < -0.4 is 20.3 Å². The van der Waals surface area contributed by atoms with Crippen LogP contribution in [0.1, 0.15) is 26.5 Å². The number of nitrogens with two attached hydrogens (primary N) is 1. The lowest BCUT2D eigenvalue weighted by atomic mass is 10.0. The summed E-state index contributed by atoms with van der Waals surface area (Å²) in [6.45, 7) is 1.48. The van der Waals surface area contributed by atoms with Gasteiger partial charge >= 0.3 is 0 Å². The lowest BCUT2D eigenvalue weighted by molar-refractivity contribution is 0.0972. The minimum Gasteiger partial charge on any atom is -0.497 e. The van der Waals surface area contributed by atoms with Crippen LogP contribution in [0.25, 0.3) is 5.69 Å². The molecule has 2 aromatic carbocycles. The first kappa shape index (κ1) is 26.6. The van der Waals surface area contributed by atoms with E-state index in [1.54, 1.807) is 41.2 Å². The van der Waals surface area contributed by atoms with Gasteiger partial charge in [0.1, 0.15) is 18.1 Å². The van der Waals surface area contributed by atoms with Gasteiger partial charge in [-0.05, 0) is 55.0 Å². The second-order valence-electron chi connectivity index (χ2n) is 8.41. The third-order valence-corrected chi connectivity index (χ3v) is 5.84. The van der Waals surface area contributed by atoms with E-state index in [-0.39, 0.29) is 17.6 Å². The molecule has 13 nitrogen and oxygen atoms in total. The summed E-state index contributed by atoms with van der Waals surface area (Å²) in [5, 5.41) is 12.2. The lowest BCUT2D eigenvalue weighted by Crippen LogP contribution is -2.39. The van der Waals surface area contributed by atoms with Gasteiger partial charge in [0.25, 0.3) is 28.0 Å². The number of benzene rings is 2. The number of fused-ring (bicyclic) bond motifs is 1. The van der Waals surface area contributed by atoms with E-state index in [2.05, 4.69) is 5.10 Å². The van der Waals surface area contributed by atoms with Crippen LogP contribution in [0.3, 0.4) is 0 Å². The van der Waals surface area contributed by atoms with E-state index >= 15 is 0 Å². The van der Waals surface area contributed by atoms with Crippen LogP contribution in [0.2, 0.25) is 0 Å². The number of anilines is 2. The Morgan fingerprint density at radius 2 is 1.61 bits per heavy atom. The van der Waals surface area contributed by atoms with Crippen LogP contribution in [0, 0.1) is 5.41 Å². The van der Waals surface area contributed by atoms with Crippen molar-refractivity contribution in [3.8, 4) is 11.4 Å². The van der Waals surface area contributed by atoms with Crippen LogP contribution in [0.15, 0.2) is 48.5 Å². The Morgan fingerprint density at radius 3 is 2.11 bits per heavy atom. The summed E-state index contributed by atoms with van der Waals surface area (Å²) in [6.07, 6.45) is 1.16. The van der Waals surface area contributed by atoms with Crippen LogP contribution in [-0.4, -0.2) is 73.6 Å². The molecule has 4 N–H and O–H groups in total. The number of aromatic nitrogens is 2. The third kappa shape index (κ3) is 5.60. The summed E-state index contributed by atoms with van der Waals surface area (Å²) in [5.74, 6) is -0.268. The number of nitrogens with one attached hydrogen (secondary N) is 1. The Kier molecular flexibility index (Phi) is 7.37. The molecule has 200 valence electrons. The number of carbonyl (C=O) groups excluding carboxylic acids is 2. The molecule has 2 aliphatic heterocycles. The summed E-state index contributed by atoms with van der Waals surface area (Å²) >= 11 is 0. The quantitative estimate of drug-likeness (QED) is 0.402. The van der Waals surface area contributed by atoms with Gasteiger partial charge in [0, 0.05) is 23.5 Å². The number of carbonyl (C=O) groups is 2. The highest BCUT2D eigenvalue weighted by molar-refractivity contribution is 7.85. The van der Waals surface area contributed by atoms with Gasteiger partial charge in [-0.15, -0.1) is 0 Å². The van der Waals surface area contributed by atoms with E-state index in [4.69, 9.17) is 25.2 Å². The monoisotopic (exact) mass is 542 g/mol. The van der Waals surface area contributed by atoms with E-state index in [9.17, 15) is 18.0 Å². The summed E-state index contributed by atoms with van der Waals surface area (Å²) in [6, 6.07) is 14.6. The first-order valence-electron chi connectivity index (χ1n) is 11.4. The highest BCUT2D eigenvalue weighted by atomic mass is 32.2. The molecule has 38 heavy (non-hydrogen) atoms. The predicted octanol–water partition coefficient (Wildman–Crippen LogP) is 1.46. The minimum absolute atomic E-state index is 0.108. The van der Waals surface area contributed by atoms with E-state index < -0.39 is 16.0 Å². The number of hydrogen-bond donors (Lipinski definition) is 3. The zero-order chi connectivity index (χ0) is 27.6.